The van der Waals surface area contributed by atoms with E-state index in [1.54, 1.807) is 0 Å². The Morgan fingerprint density at radius 1 is 0.326 bits per heavy atom. The molecule has 0 aromatic rings. The van der Waals surface area contributed by atoms with Gasteiger partial charge >= 0.3 is 110 Å². The number of hydrogen-bond donors (Lipinski definition) is 2. The van der Waals surface area contributed by atoms with Crippen LogP contribution in [0.1, 0.15) is 219 Å². The summed E-state index contributed by atoms with van der Waals surface area (Å²) in [7, 11) is 0. The Hall–Kier alpha value is 2.23. The van der Waals surface area contributed by atoms with Gasteiger partial charge in [0.2, 0.25) is 0 Å². The van der Waals surface area contributed by atoms with E-state index in [0.29, 0.717) is 12.8 Å². The topological polar surface area (TPSA) is 74.6 Å². The van der Waals surface area contributed by atoms with Gasteiger partial charge in [0.05, 0.1) is 0 Å². The molecule has 0 aromatic heterocycles. The van der Waals surface area contributed by atoms with Crippen molar-refractivity contribution in [3.05, 3.63) is 0 Å². The molecule has 0 unspecified atom stereocenters. The summed E-state index contributed by atoms with van der Waals surface area (Å²) in [6.45, 7) is 4.54. The SMILES string of the molecule is CCCCCCCCCCCCCCCCCC(=O)O.CCCCCCCCCCCCCCCCCC(=O)O.[CaH2].[CaH2].[MgH2]. The third-order valence-electron chi connectivity index (χ3n) is 7.99. The second-order valence-corrected chi connectivity index (χ2v) is 12.2. The largest absolute Gasteiger partial charge is 0.316 e. The van der Waals surface area contributed by atoms with E-state index in [1.165, 1.54) is 167 Å². The van der Waals surface area contributed by atoms with E-state index < -0.39 is 11.9 Å². The fourth-order valence-corrected chi connectivity index (χ4v) is 5.30. The molecular weight excluding hydrogens is 601 g/mol. The van der Waals surface area contributed by atoms with Gasteiger partial charge in [-0.15, -0.1) is 0 Å². The molecule has 252 valence electrons. The van der Waals surface area contributed by atoms with Gasteiger partial charge in [-0.2, -0.15) is 0 Å². The average Bonchev–Trinajstić information content (AvgIpc) is 2.93. The predicted octanol–water partition coefficient (Wildman–Crippen LogP) is 9.92. The van der Waals surface area contributed by atoms with Crippen LogP contribution >= 0.6 is 0 Å². The van der Waals surface area contributed by atoms with E-state index in [4.69, 9.17) is 10.2 Å². The molecule has 0 saturated carbocycles. The van der Waals surface area contributed by atoms with Gasteiger partial charge in [-0.1, -0.05) is 194 Å². The second kappa shape index (κ2) is 51.1. The van der Waals surface area contributed by atoms with Gasteiger partial charge < -0.3 is 10.2 Å². The Labute approximate surface area is 345 Å². The first-order valence-electron chi connectivity index (χ1n) is 18.0. The van der Waals surface area contributed by atoms with E-state index in [0.717, 1.165) is 25.7 Å². The molecule has 0 saturated heterocycles. The molecule has 0 aliphatic carbocycles. The first-order chi connectivity index (χ1) is 19.5. The van der Waals surface area contributed by atoms with Crippen molar-refractivity contribution in [2.45, 2.75) is 219 Å². The molecule has 0 heterocycles. The minimum Gasteiger partial charge on any atom is 0.316 e. The first-order valence-corrected chi connectivity index (χ1v) is 18.0. The number of carboxylic acids is 2. The molecule has 0 aliphatic rings. The zero-order chi connectivity index (χ0) is 29.8. The van der Waals surface area contributed by atoms with Crippen LogP contribution in [0, 0.1) is 0 Å². The molecular formula is C36H78Ca2MgO4. The third-order valence-corrected chi connectivity index (χ3v) is 7.99. The van der Waals surface area contributed by atoms with Crippen LogP contribution in [0.25, 0.3) is 0 Å². The van der Waals surface area contributed by atoms with Gasteiger partial charge in [-0.05, 0) is 12.8 Å². The van der Waals surface area contributed by atoms with E-state index in [2.05, 4.69) is 13.8 Å². The molecule has 0 aliphatic heterocycles. The van der Waals surface area contributed by atoms with Crippen LogP contribution in [0.3, 0.4) is 0 Å². The summed E-state index contributed by atoms with van der Waals surface area (Å²) in [6, 6.07) is 0. The summed E-state index contributed by atoms with van der Waals surface area (Å²) in [5.74, 6) is -1.31. The Kier molecular flexibility index (Phi) is 64.9. The smallest absolute Gasteiger partial charge is 0.316 e. The monoisotopic (exact) mass is 679 g/mol. The van der Waals surface area contributed by atoms with E-state index in [1.807, 2.05) is 0 Å². The van der Waals surface area contributed by atoms with Crippen LogP contribution in [-0.2, 0) is 9.59 Å². The molecule has 0 rings (SSSR count). The molecule has 0 radical (unpaired) electrons. The van der Waals surface area contributed by atoms with Crippen LogP contribution in [0.2, 0.25) is 0 Å². The summed E-state index contributed by atoms with van der Waals surface area (Å²) in [4.78, 5) is 20.7. The molecule has 0 amide bonds. The van der Waals surface area contributed by atoms with Gasteiger partial charge in [-0.3, -0.25) is 9.59 Å². The maximum absolute atomic E-state index is 10.3. The van der Waals surface area contributed by atoms with Crippen LogP contribution in [0.15, 0.2) is 0 Å². The zero-order valence-electron chi connectivity index (χ0n) is 27.3. The number of hydrogen-bond acceptors (Lipinski definition) is 2. The Morgan fingerprint density at radius 2 is 0.465 bits per heavy atom. The fourth-order valence-electron chi connectivity index (χ4n) is 5.30. The third kappa shape index (κ3) is 60.1. The van der Waals surface area contributed by atoms with Gasteiger partial charge in [0, 0.05) is 12.8 Å². The molecule has 2 N–H and O–H groups in total. The molecule has 0 fully saturated rings. The van der Waals surface area contributed by atoms with Crippen molar-refractivity contribution in [2.24, 2.45) is 0 Å². The van der Waals surface area contributed by atoms with Crippen LogP contribution in [0.5, 0.6) is 0 Å². The van der Waals surface area contributed by atoms with Crippen molar-refractivity contribution < 1.29 is 19.8 Å². The maximum Gasteiger partial charge on any atom is 0.316 e. The molecule has 0 bridgehead atoms. The van der Waals surface area contributed by atoms with Gasteiger partial charge in [0.1, 0.15) is 0 Å². The van der Waals surface area contributed by atoms with Crippen LogP contribution in [0.4, 0.5) is 0 Å². The molecule has 0 aromatic carbocycles. The summed E-state index contributed by atoms with van der Waals surface area (Å²) in [5.41, 5.74) is 0. The van der Waals surface area contributed by atoms with Crippen LogP contribution in [-0.4, -0.2) is 121 Å². The standard InChI is InChI=1S/2C18H36O2.2Ca.Mg.6H/c2*1-2-3-4-5-6-7-8-9-10-11-12-13-14-15-16-17-18(19)20;;;;;;;;;/h2*2-17H2,1H3,(H,19,20);;;;;;;;;. The van der Waals surface area contributed by atoms with Gasteiger partial charge in [0.25, 0.3) is 0 Å². The summed E-state index contributed by atoms with van der Waals surface area (Å²) in [6.07, 6.45) is 40.4. The second-order valence-electron chi connectivity index (χ2n) is 12.2. The zero-order valence-corrected chi connectivity index (χ0v) is 27.3. The number of carboxylic acid groups (broad SMARTS) is 2. The summed E-state index contributed by atoms with van der Waals surface area (Å²) >= 11 is 0. The molecule has 43 heavy (non-hydrogen) atoms. The minimum atomic E-state index is -0.653. The van der Waals surface area contributed by atoms with Crippen molar-refractivity contribution in [2.75, 3.05) is 0 Å². The van der Waals surface area contributed by atoms with Gasteiger partial charge in [-0.25, -0.2) is 0 Å². The van der Waals surface area contributed by atoms with E-state index >= 15 is 0 Å². The number of aliphatic carboxylic acids is 2. The Bertz CT molecular complexity index is 466. The first kappa shape index (κ1) is 54.7. The van der Waals surface area contributed by atoms with Crippen LogP contribution < -0.4 is 0 Å². The Balaban J connectivity index is -0.000000209. The van der Waals surface area contributed by atoms with Crippen molar-refractivity contribution in [1.82, 2.24) is 0 Å². The summed E-state index contributed by atoms with van der Waals surface area (Å²) in [5, 5.41) is 17.0. The van der Waals surface area contributed by atoms with Crippen molar-refractivity contribution in [3.8, 4) is 0 Å². The fraction of sp³-hybridized carbons (Fsp3) is 0.944. The average molecular weight is 679 g/mol. The van der Waals surface area contributed by atoms with E-state index in [-0.39, 0.29) is 98.5 Å². The van der Waals surface area contributed by atoms with Crippen molar-refractivity contribution in [1.29, 1.82) is 0 Å². The molecule has 7 heteroatoms. The molecule has 0 spiro atoms. The number of unbranched alkanes of at least 4 members (excludes halogenated alkanes) is 28. The summed E-state index contributed by atoms with van der Waals surface area (Å²) < 4.78 is 0. The van der Waals surface area contributed by atoms with Gasteiger partial charge in [0.15, 0.2) is 0 Å². The quantitative estimate of drug-likeness (QED) is 0.0549. The minimum absolute atomic E-state index is 0. The van der Waals surface area contributed by atoms with Crippen molar-refractivity contribution >= 4 is 110 Å². The Morgan fingerprint density at radius 3 is 0.605 bits per heavy atom. The maximum atomic E-state index is 10.3. The van der Waals surface area contributed by atoms with E-state index in [9.17, 15) is 9.59 Å². The molecule has 4 nitrogen and oxygen atoms in total. The number of rotatable bonds is 32. The van der Waals surface area contributed by atoms with Crippen molar-refractivity contribution in [3.63, 3.8) is 0 Å². The molecule has 0 atom stereocenters. The normalized spacial score (nSPS) is 10.1. The predicted molar refractivity (Wildman–Crippen MR) is 200 cm³/mol. The number of carbonyl (C=O) groups is 2.